The maximum atomic E-state index is 13.0. The van der Waals surface area contributed by atoms with Gasteiger partial charge in [0.25, 0.3) is 5.91 Å². The minimum atomic E-state index is -0.798. The summed E-state index contributed by atoms with van der Waals surface area (Å²) in [5, 5.41) is 0. The smallest absolute Gasteiger partial charge is 0.329 e. The van der Waals surface area contributed by atoms with E-state index in [9.17, 15) is 14.4 Å². The van der Waals surface area contributed by atoms with E-state index in [-0.39, 0.29) is 5.69 Å². The van der Waals surface area contributed by atoms with Crippen molar-refractivity contribution < 1.29 is 23.9 Å². The number of rotatable bonds is 3. The Labute approximate surface area is 163 Å². The van der Waals surface area contributed by atoms with Crippen molar-refractivity contribution in [2.24, 2.45) is 0 Å². The third-order valence-corrected chi connectivity index (χ3v) is 4.79. The summed E-state index contributed by atoms with van der Waals surface area (Å²) in [6.07, 6.45) is 1.83. The molecule has 0 fully saturated rings. The number of benzene rings is 1. The van der Waals surface area contributed by atoms with Gasteiger partial charge in [0, 0.05) is 25.6 Å². The lowest BCUT2D eigenvalue weighted by atomic mass is 10.1. The minimum Gasteiger partial charge on any atom is -0.467 e. The molecule has 26 heavy (non-hydrogen) atoms. The highest BCUT2D eigenvalue weighted by Gasteiger charge is 2.40. The second kappa shape index (κ2) is 7.40. The van der Waals surface area contributed by atoms with Crippen LogP contribution >= 0.6 is 22.6 Å². The van der Waals surface area contributed by atoms with E-state index in [2.05, 4.69) is 4.98 Å². The first-order chi connectivity index (χ1) is 12.4. The van der Waals surface area contributed by atoms with Crippen molar-refractivity contribution in [3.8, 4) is 5.75 Å². The van der Waals surface area contributed by atoms with Gasteiger partial charge in [-0.3, -0.25) is 19.5 Å². The maximum Gasteiger partial charge on any atom is 0.329 e. The number of carbonyl (C=O) groups excluding carboxylic acids is 3. The zero-order valence-electron chi connectivity index (χ0n) is 14.1. The molecule has 1 aromatic heterocycles. The van der Waals surface area contributed by atoms with E-state index in [4.69, 9.17) is 9.47 Å². The van der Waals surface area contributed by atoms with E-state index in [1.807, 2.05) is 22.6 Å². The zero-order valence-corrected chi connectivity index (χ0v) is 16.2. The van der Waals surface area contributed by atoms with Crippen molar-refractivity contribution in [3.63, 3.8) is 0 Å². The number of nitrogens with zero attached hydrogens (tertiary/aromatic N) is 2. The lowest BCUT2D eigenvalue weighted by Crippen LogP contribution is -2.43. The molecule has 1 atom stereocenters. The van der Waals surface area contributed by atoms with Crippen molar-refractivity contribution >= 4 is 46.1 Å². The molecule has 0 saturated heterocycles. The van der Waals surface area contributed by atoms with Gasteiger partial charge in [-0.25, -0.2) is 4.79 Å². The molecule has 1 aromatic carbocycles. The summed E-state index contributed by atoms with van der Waals surface area (Å²) in [7, 11) is 1.28. The number of ether oxygens (including phenoxy) is 2. The molecular formula is C18H15IN2O5. The Bertz CT molecular complexity index is 885. The van der Waals surface area contributed by atoms with Crippen LogP contribution in [0.5, 0.6) is 5.75 Å². The fourth-order valence-corrected chi connectivity index (χ4v) is 3.50. The normalized spacial score (nSPS) is 15.3. The Morgan fingerprint density at radius 1 is 1.27 bits per heavy atom. The number of methoxy groups -OCH3 is 1. The number of aromatic nitrogens is 1. The fourth-order valence-electron chi connectivity index (χ4n) is 2.86. The lowest BCUT2D eigenvalue weighted by Gasteiger charge is -2.23. The minimum absolute atomic E-state index is 0.210. The second-order valence-corrected chi connectivity index (χ2v) is 6.80. The summed E-state index contributed by atoms with van der Waals surface area (Å²) in [5.74, 6) is -1.07. The first-order valence-electron chi connectivity index (χ1n) is 7.75. The number of hydrogen-bond acceptors (Lipinski definition) is 6. The summed E-state index contributed by atoms with van der Waals surface area (Å²) in [6.45, 7) is 1.30. The van der Waals surface area contributed by atoms with Crippen molar-refractivity contribution in [2.45, 2.75) is 19.4 Å². The molecule has 1 aliphatic heterocycles. The van der Waals surface area contributed by atoms with E-state index < -0.39 is 23.9 Å². The number of amides is 1. The predicted molar refractivity (Wildman–Crippen MR) is 101 cm³/mol. The standard InChI is InChI=1S/C18H15IN2O5/c1-10(22)26-16-9-14-11(7-12(16)19)8-15(18(24)25-2)21(14)17(23)13-5-3-4-6-20-13/h3-7,9,15H,8H2,1-2H3/t15-/m0/s1. The molecule has 0 saturated carbocycles. The Morgan fingerprint density at radius 2 is 2.04 bits per heavy atom. The number of carbonyl (C=O) groups is 3. The van der Waals surface area contributed by atoms with Crippen molar-refractivity contribution in [2.75, 3.05) is 12.0 Å². The van der Waals surface area contributed by atoms with Crippen LogP contribution in [0, 0.1) is 3.57 Å². The summed E-state index contributed by atoms with van der Waals surface area (Å²) in [5.41, 5.74) is 1.51. The molecule has 3 rings (SSSR count). The molecule has 7 nitrogen and oxygen atoms in total. The van der Waals surface area contributed by atoms with Gasteiger partial charge in [-0.1, -0.05) is 6.07 Å². The Kier molecular flexibility index (Phi) is 5.21. The number of hydrogen-bond donors (Lipinski definition) is 0. The van der Waals surface area contributed by atoms with Gasteiger partial charge in [-0.2, -0.15) is 0 Å². The van der Waals surface area contributed by atoms with Crippen LogP contribution in [0.4, 0.5) is 5.69 Å². The average molecular weight is 466 g/mol. The van der Waals surface area contributed by atoms with Gasteiger partial charge in [0.1, 0.15) is 17.5 Å². The molecule has 0 spiro atoms. The van der Waals surface area contributed by atoms with E-state index in [1.54, 1.807) is 30.3 Å². The molecular weight excluding hydrogens is 451 g/mol. The molecule has 0 unspecified atom stereocenters. The molecule has 2 heterocycles. The van der Waals surface area contributed by atoms with Gasteiger partial charge >= 0.3 is 11.9 Å². The molecule has 1 aliphatic rings. The highest BCUT2D eigenvalue weighted by atomic mass is 127. The highest BCUT2D eigenvalue weighted by molar-refractivity contribution is 14.1. The molecule has 1 amide bonds. The van der Waals surface area contributed by atoms with Crippen LogP contribution in [0.3, 0.4) is 0 Å². The molecule has 0 N–H and O–H groups in total. The van der Waals surface area contributed by atoms with Gasteiger partial charge < -0.3 is 9.47 Å². The van der Waals surface area contributed by atoms with Crippen LogP contribution in [-0.4, -0.2) is 36.0 Å². The number of pyridine rings is 1. The molecule has 0 bridgehead atoms. The largest absolute Gasteiger partial charge is 0.467 e. The number of fused-ring (bicyclic) bond motifs is 1. The Balaban J connectivity index is 2.09. The van der Waals surface area contributed by atoms with Crippen LogP contribution in [0.1, 0.15) is 23.0 Å². The van der Waals surface area contributed by atoms with E-state index >= 15 is 0 Å². The zero-order chi connectivity index (χ0) is 18.8. The summed E-state index contributed by atoms with van der Waals surface area (Å²) < 4.78 is 10.8. The van der Waals surface area contributed by atoms with Gasteiger partial charge in [0.05, 0.1) is 16.4 Å². The van der Waals surface area contributed by atoms with Crippen molar-refractivity contribution in [3.05, 3.63) is 51.4 Å². The second-order valence-electron chi connectivity index (χ2n) is 5.64. The molecule has 0 aliphatic carbocycles. The molecule has 8 heteroatoms. The van der Waals surface area contributed by atoms with Crippen LogP contribution in [0.15, 0.2) is 36.5 Å². The van der Waals surface area contributed by atoms with Crippen LogP contribution in [0.2, 0.25) is 0 Å². The number of esters is 2. The average Bonchev–Trinajstić information content (AvgIpc) is 2.99. The van der Waals surface area contributed by atoms with Crippen LogP contribution < -0.4 is 9.64 Å². The van der Waals surface area contributed by atoms with Crippen LogP contribution in [-0.2, 0) is 20.7 Å². The van der Waals surface area contributed by atoms with Crippen molar-refractivity contribution in [1.29, 1.82) is 0 Å². The third-order valence-electron chi connectivity index (χ3n) is 3.95. The molecule has 0 radical (unpaired) electrons. The Hall–Kier alpha value is -2.49. The van der Waals surface area contributed by atoms with E-state index in [0.29, 0.717) is 21.4 Å². The van der Waals surface area contributed by atoms with Gasteiger partial charge in [0.15, 0.2) is 0 Å². The van der Waals surface area contributed by atoms with Crippen LogP contribution in [0.25, 0.3) is 0 Å². The van der Waals surface area contributed by atoms with Gasteiger partial charge in [-0.05, 0) is 46.4 Å². The molecule has 134 valence electrons. The predicted octanol–water partition coefficient (Wildman–Crippen LogP) is 2.36. The quantitative estimate of drug-likeness (QED) is 0.393. The Morgan fingerprint density at radius 3 is 2.65 bits per heavy atom. The number of anilines is 1. The van der Waals surface area contributed by atoms with Gasteiger partial charge in [-0.15, -0.1) is 0 Å². The lowest BCUT2D eigenvalue weighted by molar-refractivity contribution is -0.142. The SMILES string of the molecule is COC(=O)[C@@H]1Cc2cc(I)c(OC(C)=O)cc2N1C(=O)c1ccccn1. The van der Waals surface area contributed by atoms with E-state index in [0.717, 1.165) is 5.56 Å². The summed E-state index contributed by atoms with van der Waals surface area (Å²) in [4.78, 5) is 42.0. The third kappa shape index (κ3) is 3.41. The van der Waals surface area contributed by atoms with E-state index in [1.165, 1.54) is 25.1 Å². The first kappa shape index (κ1) is 18.3. The fraction of sp³-hybridized carbons (Fsp3) is 0.222. The molecule has 2 aromatic rings. The topological polar surface area (TPSA) is 85.8 Å². The first-order valence-corrected chi connectivity index (χ1v) is 8.83. The summed E-state index contributed by atoms with van der Waals surface area (Å²) >= 11 is 2.05. The number of halogens is 1. The van der Waals surface area contributed by atoms with Gasteiger partial charge in [0.2, 0.25) is 0 Å². The highest BCUT2D eigenvalue weighted by Crippen LogP contribution is 2.39. The van der Waals surface area contributed by atoms with Crippen molar-refractivity contribution in [1.82, 2.24) is 4.98 Å². The summed E-state index contributed by atoms with van der Waals surface area (Å²) in [6, 6.07) is 7.58. The monoisotopic (exact) mass is 466 g/mol. The maximum absolute atomic E-state index is 13.0.